The Labute approximate surface area is 90.9 Å². The molecule has 2 aromatic heterocycles. The molecule has 3 nitrogen and oxygen atoms in total. The molecule has 2 heterocycles. The predicted octanol–water partition coefficient (Wildman–Crippen LogP) is 2.65. The first-order valence-electron chi connectivity index (χ1n) is 4.31. The monoisotopic (exact) mass is 251 g/mol. The zero-order valence-electron chi connectivity index (χ0n) is 8.03. The highest BCUT2D eigenvalue weighted by atomic mass is 79.9. The van der Waals surface area contributed by atoms with Gasteiger partial charge in [0, 0.05) is 12.4 Å². The van der Waals surface area contributed by atoms with E-state index in [1.54, 1.807) is 10.9 Å². The van der Waals surface area contributed by atoms with Gasteiger partial charge in [-0.2, -0.15) is 5.10 Å². The summed E-state index contributed by atoms with van der Waals surface area (Å²) in [6, 6.07) is 1.96. The van der Waals surface area contributed by atoms with Crippen molar-refractivity contribution in [3.8, 4) is 5.82 Å². The highest BCUT2D eigenvalue weighted by molar-refractivity contribution is 9.10. The second-order valence-corrected chi connectivity index (χ2v) is 4.02. The van der Waals surface area contributed by atoms with E-state index in [2.05, 4.69) is 26.0 Å². The van der Waals surface area contributed by atoms with E-state index in [1.165, 1.54) is 0 Å². The maximum Gasteiger partial charge on any atom is 0.167 e. The van der Waals surface area contributed by atoms with Crippen LogP contribution >= 0.6 is 15.9 Å². The molecule has 0 saturated carbocycles. The van der Waals surface area contributed by atoms with Crippen LogP contribution in [0.5, 0.6) is 0 Å². The van der Waals surface area contributed by atoms with Crippen molar-refractivity contribution in [2.24, 2.45) is 0 Å². The van der Waals surface area contributed by atoms with Crippen molar-refractivity contribution in [1.82, 2.24) is 14.8 Å². The van der Waals surface area contributed by atoms with Gasteiger partial charge in [0.05, 0.1) is 10.7 Å². The first-order chi connectivity index (χ1) is 6.68. The van der Waals surface area contributed by atoms with Crippen LogP contribution < -0.4 is 0 Å². The standard InChI is InChI=1S/C10H10BrN3/c1-7-5-13-14(6-7)10-9(11)8(2)3-4-12-10/h3-6H,1-2H3. The largest absolute Gasteiger partial charge is 0.236 e. The number of aryl methyl sites for hydroxylation is 2. The van der Waals surface area contributed by atoms with Crippen LogP contribution in [-0.4, -0.2) is 14.8 Å². The fourth-order valence-electron chi connectivity index (χ4n) is 1.21. The van der Waals surface area contributed by atoms with Gasteiger partial charge in [-0.3, -0.25) is 0 Å². The molecule has 0 radical (unpaired) electrons. The Morgan fingerprint density at radius 1 is 1.36 bits per heavy atom. The molecule has 4 heteroatoms. The highest BCUT2D eigenvalue weighted by Gasteiger charge is 2.06. The van der Waals surface area contributed by atoms with Crippen molar-refractivity contribution in [3.05, 3.63) is 40.3 Å². The second kappa shape index (κ2) is 3.53. The molecule has 0 atom stereocenters. The molecule has 0 unspecified atom stereocenters. The molecule has 2 rings (SSSR count). The molecule has 0 fully saturated rings. The minimum Gasteiger partial charge on any atom is -0.236 e. The molecule has 0 saturated heterocycles. The summed E-state index contributed by atoms with van der Waals surface area (Å²) in [7, 11) is 0. The van der Waals surface area contributed by atoms with Gasteiger partial charge >= 0.3 is 0 Å². The maximum atomic E-state index is 4.28. The molecular weight excluding hydrogens is 242 g/mol. The number of rotatable bonds is 1. The Kier molecular flexibility index (Phi) is 2.37. The summed E-state index contributed by atoms with van der Waals surface area (Å²) >= 11 is 3.50. The van der Waals surface area contributed by atoms with Crippen molar-refractivity contribution >= 4 is 15.9 Å². The van der Waals surface area contributed by atoms with Gasteiger partial charge in [0.25, 0.3) is 0 Å². The Morgan fingerprint density at radius 2 is 2.14 bits per heavy atom. The SMILES string of the molecule is Cc1cnn(-c2nccc(C)c2Br)c1. The molecule has 0 amide bonds. The number of pyridine rings is 1. The fourth-order valence-corrected chi connectivity index (χ4v) is 1.63. The summed E-state index contributed by atoms with van der Waals surface area (Å²) in [5.41, 5.74) is 2.28. The third-order valence-corrected chi connectivity index (χ3v) is 2.97. The maximum absolute atomic E-state index is 4.28. The fraction of sp³-hybridized carbons (Fsp3) is 0.200. The molecule has 2 aromatic rings. The van der Waals surface area contributed by atoms with Crippen LogP contribution in [0.2, 0.25) is 0 Å². The van der Waals surface area contributed by atoms with Gasteiger partial charge in [0.1, 0.15) is 0 Å². The van der Waals surface area contributed by atoms with E-state index in [-0.39, 0.29) is 0 Å². The first-order valence-corrected chi connectivity index (χ1v) is 5.10. The molecule has 0 aliphatic carbocycles. The molecule has 0 bridgehead atoms. The van der Waals surface area contributed by atoms with E-state index >= 15 is 0 Å². The van der Waals surface area contributed by atoms with E-state index in [0.717, 1.165) is 21.4 Å². The van der Waals surface area contributed by atoms with Crippen LogP contribution in [0.3, 0.4) is 0 Å². The van der Waals surface area contributed by atoms with Crippen LogP contribution in [-0.2, 0) is 0 Å². The van der Waals surface area contributed by atoms with Crippen molar-refractivity contribution in [1.29, 1.82) is 0 Å². The minimum absolute atomic E-state index is 0.832. The molecule has 0 aliphatic rings. The molecule has 14 heavy (non-hydrogen) atoms. The summed E-state index contributed by atoms with van der Waals surface area (Å²) < 4.78 is 2.76. The van der Waals surface area contributed by atoms with Gasteiger partial charge in [-0.1, -0.05) is 0 Å². The van der Waals surface area contributed by atoms with Crippen LogP contribution in [0.25, 0.3) is 5.82 Å². The lowest BCUT2D eigenvalue weighted by Gasteiger charge is -2.04. The Balaban J connectivity index is 2.57. The van der Waals surface area contributed by atoms with Crippen molar-refractivity contribution in [2.75, 3.05) is 0 Å². The Hall–Kier alpha value is -1.16. The lowest BCUT2D eigenvalue weighted by atomic mass is 10.3. The van der Waals surface area contributed by atoms with E-state index < -0.39 is 0 Å². The zero-order valence-corrected chi connectivity index (χ0v) is 9.62. The summed E-state index contributed by atoms with van der Waals surface area (Å²) in [5, 5.41) is 4.21. The lowest BCUT2D eigenvalue weighted by molar-refractivity contribution is 0.839. The van der Waals surface area contributed by atoms with E-state index in [4.69, 9.17) is 0 Å². The van der Waals surface area contributed by atoms with Crippen LogP contribution in [0.4, 0.5) is 0 Å². The topological polar surface area (TPSA) is 30.7 Å². The van der Waals surface area contributed by atoms with Gasteiger partial charge in [-0.05, 0) is 47.0 Å². The number of halogens is 1. The lowest BCUT2D eigenvalue weighted by Crippen LogP contribution is -1.99. The van der Waals surface area contributed by atoms with Crippen molar-refractivity contribution in [2.45, 2.75) is 13.8 Å². The first kappa shape index (κ1) is 9.40. The second-order valence-electron chi connectivity index (χ2n) is 3.23. The van der Waals surface area contributed by atoms with Crippen molar-refractivity contribution < 1.29 is 0 Å². The average molecular weight is 252 g/mol. The van der Waals surface area contributed by atoms with Gasteiger partial charge in [0.2, 0.25) is 0 Å². The van der Waals surface area contributed by atoms with E-state index in [1.807, 2.05) is 32.3 Å². The molecule has 0 aliphatic heterocycles. The predicted molar refractivity (Wildman–Crippen MR) is 58.5 cm³/mol. The van der Waals surface area contributed by atoms with E-state index in [0.29, 0.717) is 0 Å². The third-order valence-electron chi connectivity index (χ3n) is 1.99. The Morgan fingerprint density at radius 3 is 2.79 bits per heavy atom. The van der Waals surface area contributed by atoms with Gasteiger partial charge < -0.3 is 0 Å². The van der Waals surface area contributed by atoms with Crippen LogP contribution in [0.1, 0.15) is 11.1 Å². The average Bonchev–Trinajstić information content (AvgIpc) is 2.57. The van der Waals surface area contributed by atoms with Crippen LogP contribution in [0, 0.1) is 13.8 Å². The normalized spacial score (nSPS) is 10.5. The Bertz CT molecular complexity index is 462. The summed E-state index contributed by atoms with van der Waals surface area (Å²) in [6.07, 6.45) is 5.55. The van der Waals surface area contributed by atoms with Gasteiger partial charge in [-0.25, -0.2) is 9.67 Å². The van der Waals surface area contributed by atoms with Crippen molar-refractivity contribution in [3.63, 3.8) is 0 Å². The molecule has 0 aromatic carbocycles. The summed E-state index contributed by atoms with van der Waals surface area (Å²) in [5.74, 6) is 0.832. The summed E-state index contributed by atoms with van der Waals surface area (Å²) in [4.78, 5) is 4.28. The quantitative estimate of drug-likeness (QED) is 0.781. The molecule has 0 spiro atoms. The molecule has 0 N–H and O–H groups in total. The highest BCUT2D eigenvalue weighted by Crippen LogP contribution is 2.21. The minimum atomic E-state index is 0.832. The summed E-state index contributed by atoms with van der Waals surface area (Å²) in [6.45, 7) is 4.04. The zero-order chi connectivity index (χ0) is 10.1. The van der Waals surface area contributed by atoms with Gasteiger partial charge in [0.15, 0.2) is 5.82 Å². The third kappa shape index (κ3) is 1.57. The van der Waals surface area contributed by atoms with Crippen LogP contribution in [0.15, 0.2) is 29.1 Å². The molecule has 72 valence electrons. The number of hydrogen-bond acceptors (Lipinski definition) is 2. The van der Waals surface area contributed by atoms with Gasteiger partial charge in [-0.15, -0.1) is 0 Å². The number of nitrogens with zero attached hydrogens (tertiary/aromatic N) is 3. The van der Waals surface area contributed by atoms with E-state index in [9.17, 15) is 0 Å². The number of hydrogen-bond donors (Lipinski definition) is 0. The molecular formula is C10H10BrN3. The number of aromatic nitrogens is 3. The smallest absolute Gasteiger partial charge is 0.167 e.